The molecule has 4 nitrogen and oxygen atoms in total. The Hall–Kier alpha value is -1.62. The normalized spacial score (nSPS) is 20.2. The van der Waals surface area contributed by atoms with Gasteiger partial charge in [0.15, 0.2) is 0 Å². The summed E-state index contributed by atoms with van der Waals surface area (Å²) in [5.74, 6) is -0.0139. The second-order valence-corrected chi connectivity index (χ2v) is 5.43. The third-order valence-corrected chi connectivity index (χ3v) is 4.25. The van der Waals surface area contributed by atoms with E-state index in [2.05, 4.69) is 21.4 Å². The molecule has 1 fully saturated rings. The standard InChI is InChI=1S/C13H14N2O2S/c16-13(17)9-4-3-7-15(8-9)12-10-5-1-2-6-11(10)18-14-12/h1-2,5-6,9H,3-4,7-8H2,(H,16,17). The molecule has 1 N–H and O–H groups in total. The number of fused-ring (bicyclic) bond motifs is 1. The van der Waals surface area contributed by atoms with Gasteiger partial charge in [0, 0.05) is 18.5 Å². The molecule has 18 heavy (non-hydrogen) atoms. The van der Waals surface area contributed by atoms with Crippen molar-refractivity contribution < 1.29 is 9.90 Å². The van der Waals surface area contributed by atoms with Crippen LogP contribution in [-0.2, 0) is 4.79 Å². The smallest absolute Gasteiger partial charge is 0.308 e. The lowest BCUT2D eigenvalue weighted by Gasteiger charge is -2.31. The van der Waals surface area contributed by atoms with E-state index in [4.69, 9.17) is 5.11 Å². The van der Waals surface area contributed by atoms with Crippen molar-refractivity contribution in [1.29, 1.82) is 0 Å². The molecule has 2 heterocycles. The molecule has 1 atom stereocenters. The van der Waals surface area contributed by atoms with Gasteiger partial charge in [-0.3, -0.25) is 4.79 Å². The quantitative estimate of drug-likeness (QED) is 0.904. The van der Waals surface area contributed by atoms with Gasteiger partial charge in [-0.2, -0.15) is 4.37 Å². The first-order valence-electron chi connectivity index (χ1n) is 6.08. The molecule has 1 aromatic carbocycles. The number of rotatable bonds is 2. The molecule has 1 aliphatic heterocycles. The van der Waals surface area contributed by atoms with Gasteiger partial charge in [-0.05, 0) is 36.5 Å². The summed E-state index contributed by atoms with van der Waals surface area (Å²) in [5.41, 5.74) is 0. The van der Waals surface area contributed by atoms with Crippen LogP contribution in [0.15, 0.2) is 24.3 Å². The summed E-state index contributed by atoms with van der Waals surface area (Å²) < 4.78 is 5.64. The zero-order chi connectivity index (χ0) is 12.5. The van der Waals surface area contributed by atoms with Crippen molar-refractivity contribution in [2.75, 3.05) is 18.0 Å². The fraction of sp³-hybridized carbons (Fsp3) is 0.385. The number of aromatic nitrogens is 1. The largest absolute Gasteiger partial charge is 0.481 e. The molecular weight excluding hydrogens is 248 g/mol. The highest BCUT2D eigenvalue weighted by Gasteiger charge is 2.27. The number of carboxylic acids is 1. The van der Waals surface area contributed by atoms with Crippen molar-refractivity contribution in [3.05, 3.63) is 24.3 Å². The Bertz CT molecular complexity index is 581. The van der Waals surface area contributed by atoms with E-state index in [1.807, 2.05) is 12.1 Å². The third kappa shape index (κ3) is 1.95. The Morgan fingerprint density at radius 3 is 3.11 bits per heavy atom. The van der Waals surface area contributed by atoms with Gasteiger partial charge < -0.3 is 10.0 Å². The number of carbonyl (C=O) groups is 1. The summed E-state index contributed by atoms with van der Waals surface area (Å²) in [6.45, 7) is 1.47. The van der Waals surface area contributed by atoms with Gasteiger partial charge in [-0.25, -0.2) is 0 Å². The van der Waals surface area contributed by atoms with E-state index < -0.39 is 5.97 Å². The number of hydrogen-bond donors (Lipinski definition) is 1. The Morgan fingerprint density at radius 1 is 1.44 bits per heavy atom. The molecule has 0 amide bonds. The second kappa shape index (κ2) is 4.57. The Labute approximate surface area is 109 Å². The van der Waals surface area contributed by atoms with Crippen LogP contribution in [0.4, 0.5) is 5.82 Å². The first kappa shape index (κ1) is 11.5. The van der Waals surface area contributed by atoms with Gasteiger partial charge in [0.25, 0.3) is 0 Å². The Morgan fingerprint density at radius 2 is 2.28 bits per heavy atom. The maximum atomic E-state index is 11.1. The van der Waals surface area contributed by atoms with E-state index in [0.717, 1.165) is 35.3 Å². The summed E-state index contributed by atoms with van der Waals surface area (Å²) in [5, 5.41) is 10.3. The Balaban J connectivity index is 1.92. The number of carboxylic acid groups (broad SMARTS) is 1. The zero-order valence-electron chi connectivity index (χ0n) is 9.87. The lowest BCUT2D eigenvalue weighted by atomic mass is 9.98. The number of anilines is 1. The first-order chi connectivity index (χ1) is 8.75. The van der Waals surface area contributed by atoms with Gasteiger partial charge in [0.2, 0.25) is 0 Å². The predicted molar refractivity (Wildman–Crippen MR) is 72.2 cm³/mol. The monoisotopic (exact) mass is 262 g/mol. The minimum absolute atomic E-state index is 0.265. The Kier molecular flexibility index (Phi) is 2.91. The van der Waals surface area contributed by atoms with Crippen molar-refractivity contribution in [1.82, 2.24) is 4.37 Å². The topological polar surface area (TPSA) is 53.4 Å². The molecule has 1 unspecified atom stereocenters. The number of nitrogens with zero attached hydrogens (tertiary/aromatic N) is 2. The maximum Gasteiger partial charge on any atom is 0.308 e. The average Bonchev–Trinajstić information content (AvgIpc) is 2.82. The molecule has 0 bridgehead atoms. The van der Waals surface area contributed by atoms with Crippen LogP contribution in [0.2, 0.25) is 0 Å². The van der Waals surface area contributed by atoms with Crippen molar-refractivity contribution >= 4 is 33.4 Å². The molecule has 1 saturated heterocycles. The lowest BCUT2D eigenvalue weighted by molar-refractivity contribution is -0.141. The minimum atomic E-state index is -0.695. The van der Waals surface area contributed by atoms with Crippen LogP contribution in [0.3, 0.4) is 0 Å². The SMILES string of the molecule is O=C(O)C1CCCN(c2nsc3ccccc23)C1. The van der Waals surface area contributed by atoms with E-state index in [1.165, 1.54) is 11.5 Å². The van der Waals surface area contributed by atoms with Crippen molar-refractivity contribution in [2.24, 2.45) is 5.92 Å². The van der Waals surface area contributed by atoms with Crippen LogP contribution >= 0.6 is 11.5 Å². The number of benzene rings is 1. The fourth-order valence-electron chi connectivity index (χ4n) is 2.47. The molecule has 0 saturated carbocycles. The van der Waals surface area contributed by atoms with Crippen LogP contribution in [-0.4, -0.2) is 28.5 Å². The van der Waals surface area contributed by atoms with E-state index in [9.17, 15) is 4.79 Å². The summed E-state index contributed by atoms with van der Waals surface area (Å²) in [6.07, 6.45) is 1.69. The summed E-state index contributed by atoms with van der Waals surface area (Å²) in [4.78, 5) is 13.2. The first-order valence-corrected chi connectivity index (χ1v) is 6.85. The molecule has 1 aromatic heterocycles. The van der Waals surface area contributed by atoms with Gasteiger partial charge in [-0.1, -0.05) is 12.1 Å². The van der Waals surface area contributed by atoms with Crippen molar-refractivity contribution in [3.8, 4) is 0 Å². The highest BCUT2D eigenvalue weighted by atomic mass is 32.1. The van der Waals surface area contributed by atoms with Gasteiger partial charge in [-0.15, -0.1) is 0 Å². The predicted octanol–water partition coefficient (Wildman–Crippen LogP) is 2.60. The van der Waals surface area contributed by atoms with E-state index in [1.54, 1.807) is 0 Å². The number of hydrogen-bond acceptors (Lipinski definition) is 4. The van der Waals surface area contributed by atoms with E-state index in [0.29, 0.717) is 6.54 Å². The maximum absolute atomic E-state index is 11.1. The van der Waals surface area contributed by atoms with Crippen LogP contribution in [0.5, 0.6) is 0 Å². The van der Waals surface area contributed by atoms with Crippen LogP contribution in [0.25, 0.3) is 10.1 Å². The average molecular weight is 262 g/mol. The minimum Gasteiger partial charge on any atom is -0.481 e. The molecular formula is C13H14N2O2S. The summed E-state index contributed by atoms with van der Waals surface area (Å²) in [6, 6.07) is 8.10. The van der Waals surface area contributed by atoms with Gasteiger partial charge in [0.05, 0.1) is 10.6 Å². The van der Waals surface area contributed by atoms with Crippen molar-refractivity contribution in [3.63, 3.8) is 0 Å². The number of piperidine rings is 1. The summed E-state index contributed by atoms with van der Waals surface area (Å²) in [7, 11) is 0. The highest BCUT2D eigenvalue weighted by molar-refractivity contribution is 7.13. The summed E-state index contributed by atoms with van der Waals surface area (Å²) >= 11 is 1.48. The molecule has 0 radical (unpaired) electrons. The van der Waals surface area contributed by atoms with Crippen LogP contribution in [0, 0.1) is 5.92 Å². The number of aliphatic carboxylic acids is 1. The molecule has 0 aliphatic carbocycles. The van der Waals surface area contributed by atoms with Gasteiger partial charge in [0.1, 0.15) is 5.82 Å². The lowest BCUT2D eigenvalue weighted by Crippen LogP contribution is -2.38. The highest BCUT2D eigenvalue weighted by Crippen LogP contribution is 2.31. The second-order valence-electron chi connectivity index (χ2n) is 4.63. The van der Waals surface area contributed by atoms with Crippen LogP contribution in [0.1, 0.15) is 12.8 Å². The van der Waals surface area contributed by atoms with E-state index in [-0.39, 0.29) is 5.92 Å². The van der Waals surface area contributed by atoms with Crippen molar-refractivity contribution in [2.45, 2.75) is 12.8 Å². The third-order valence-electron chi connectivity index (χ3n) is 3.43. The van der Waals surface area contributed by atoms with Crippen LogP contribution < -0.4 is 4.90 Å². The molecule has 2 aromatic rings. The molecule has 94 valence electrons. The molecule has 5 heteroatoms. The molecule has 1 aliphatic rings. The zero-order valence-corrected chi connectivity index (χ0v) is 10.7. The molecule has 0 spiro atoms. The fourth-order valence-corrected chi connectivity index (χ4v) is 3.27. The van der Waals surface area contributed by atoms with Gasteiger partial charge >= 0.3 is 5.97 Å². The van der Waals surface area contributed by atoms with E-state index >= 15 is 0 Å². The molecule has 3 rings (SSSR count).